The lowest BCUT2D eigenvalue weighted by molar-refractivity contribution is -0.161. The van der Waals surface area contributed by atoms with Gasteiger partial charge in [-0.2, -0.15) is 0 Å². The number of phosphoric ester groups is 1. The number of carbonyl (C=O) groups is 2. The second-order valence-corrected chi connectivity index (χ2v) is 12.4. The molecule has 2 N–H and O–H groups in total. The van der Waals surface area contributed by atoms with Gasteiger partial charge in [0.15, 0.2) is 6.10 Å². The third kappa shape index (κ3) is 31.6. The second kappa shape index (κ2) is 28.9. The molecular formula is C32H61O8P. The lowest BCUT2D eigenvalue weighted by Crippen LogP contribution is -2.29. The van der Waals surface area contributed by atoms with Crippen LogP contribution in [0.1, 0.15) is 162 Å². The summed E-state index contributed by atoms with van der Waals surface area (Å²) in [6.45, 7) is 3.61. The minimum atomic E-state index is -4.74. The van der Waals surface area contributed by atoms with Gasteiger partial charge in [-0.1, -0.05) is 122 Å². The predicted molar refractivity (Wildman–Crippen MR) is 166 cm³/mol. The van der Waals surface area contributed by atoms with Crippen molar-refractivity contribution in [3.8, 4) is 0 Å². The average Bonchev–Trinajstić information content (AvgIpc) is 2.93. The van der Waals surface area contributed by atoms with E-state index >= 15 is 0 Å². The number of allylic oxidation sites excluding steroid dienone is 2. The zero-order valence-corrected chi connectivity index (χ0v) is 27.1. The molecule has 0 saturated heterocycles. The topological polar surface area (TPSA) is 119 Å². The smallest absolute Gasteiger partial charge is 0.462 e. The summed E-state index contributed by atoms with van der Waals surface area (Å²) in [5, 5.41) is 0. The summed E-state index contributed by atoms with van der Waals surface area (Å²) in [5.41, 5.74) is 0. The highest BCUT2D eigenvalue weighted by atomic mass is 31.2. The number of unbranched alkanes of at least 4 members (excludes halogenated alkanes) is 18. The first-order valence-electron chi connectivity index (χ1n) is 16.5. The van der Waals surface area contributed by atoms with Gasteiger partial charge in [-0.25, -0.2) is 4.57 Å². The van der Waals surface area contributed by atoms with Crippen LogP contribution in [0.25, 0.3) is 0 Å². The maximum Gasteiger partial charge on any atom is 0.469 e. The van der Waals surface area contributed by atoms with E-state index in [9.17, 15) is 14.2 Å². The third-order valence-corrected chi connectivity index (χ3v) is 7.52. The monoisotopic (exact) mass is 604 g/mol. The van der Waals surface area contributed by atoms with Gasteiger partial charge >= 0.3 is 19.8 Å². The Morgan fingerprint density at radius 1 is 0.610 bits per heavy atom. The van der Waals surface area contributed by atoms with Gasteiger partial charge in [0.25, 0.3) is 0 Å². The van der Waals surface area contributed by atoms with E-state index in [0.717, 1.165) is 44.9 Å². The van der Waals surface area contributed by atoms with Crippen molar-refractivity contribution in [3.63, 3.8) is 0 Å². The van der Waals surface area contributed by atoms with Gasteiger partial charge in [-0.3, -0.25) is 14.1 Å². The minimum absolute atomic E-state index is 0.195. The largest absolute Gasteiger partial charge is 0.469 e. The summed E-state index contributed by atoms with van der Waals surface area (Å²) < 4.78 is 26.1. The van der Waals surface area contributed by atoms with Crippen molar-refractivity contribution in [2.75, 3.05) is 13.2 Å². The Morgan fingerprint density at radius 3 is 1.51 bits per heavy atom. The fraction of sp³-hybridized carbons (Fsp3) is 0.875. The summed E-state index contributed by atoms with van der Waals surface area (Å²) in [7, 11) is -4.74. The van der Waals surface area contributed by atoms with E-state index in [4.69, 9.17) is 19.3 Å². The standard InChI is InChI=1S/C32H61O8P/c1-3-5-7-9-11-13-14-15-16-17-18-19-21-23-25-27-32(34)40-30(29-39-41(35,36)37)28-38-31(33)26-24-22-20-12-10-8-6-4-2/h17-18,30H,3-16,19-29H2,1-2H3,(H2,35,36,37)/b18-17+/t30-/m1/s1. The maximum atomic E-state index is 12.3. The number of hydrogen-bond donors (Lipinski definition) is 2. The quantitative estimate of drug-likeness (QED) is 0.0360. The Labute approximate surface area is 250 Å². The van der Waals surface area contributed by atoms with E-state index < -0.39 is 32.5 Å². The summed E-state index contributed by atoms with van der Waals surface area (Å²) >= 11 is 0. The highest BCUT2D eigenvalue weighted by Gasteiger charge is 2.22. The van der Waals surface area contributed by atoms with Gasteiger partial charge in [0, 0.05) is 12.8 Å². The molecule has 0 aromatic carbocycles. The van der Waals surface area contributed by atoms with Crippen molar-refractivity contribution in [2.45, 2.75) is 168 Å². The van der Waals surface area contributed by atoms with Gasteiger partial charge in [-0.05, 0) is 38.5 Å². The molecule has 0 amide bonds. The molecule has 0 bridgehead atoms. The molecule has 0 aromatic rings. The predicted octanol–water partition coefficient (Wildman–Crippen LogP) is 9.12. The molecule has 0 unspecified atom stereocenters. The van der Waals surface area contributed by atoms with Crippen molar-refractivity contribution in [2.24, 2.45) is 0 Å². The molecule has 41 heavy (non-hydrogen) atoms. The molecule has 1 atom stereocenters. The van der Waals surface area contributed by atoms with Crippen molar-refractivity contribution in [1.82, 2.24) is 0 Å². The molecule has 0 aliphatic carbocycles. The van der Waals surface area contributed by atoms with Crippen LogP contribution in [-0.4, -0.2) is 41.0 Å². The van der Waals surface area contributed by atoms with Gasteiger partial charge in [0.2, 0.25) is 0 Å². The Balaban J connectivity index is 4.02. The molecule has 0 radical (unpaired) electrons. The van der Waals surface area contributed by atoms with Gasteiger partial charge in [0.1, 0.15) is 6.61 Å². The van der Waals surface area contributed by atoms with Gasteiger partial charge in [-0.15, -0.1) is 0 Å². The lowest BCUT2D eigenvalue weighted by Gasteiger charge is -2.18. The number of phosphoric acid groups is 1. The lowest BCUT2D eigenvalue weighted by atomic mass is 10.1. The molecular weight excluding hydrogens is 543 g/mol. The minimum Gasteiger partial charge on any atom is -0.462 e. The second-order valence-electron chi connectivity index (χ2n) is 11.1. The molecule has 0 fully saturated rings. The molecule has 8 nitrogen and oxygen atoms in total. The fourth-order valence-corrected chi connectivity index (χ4v) is 4.90. The van der Waals surface area contributed by atoms with Crippen LogP contribution < -0.4 is 0 Å². The van der Waals surface area contributed by atoms with Crippen LogP contribution in [0.4, 0.5) is 0 Å². The normalized spacial score (nSPS) is 12.6. The Bertz CT molecular complexity index is 691. The molecule has 0 rings (SSSR count). The van der Waals surface area contributed by atoms with E-state index in [-0.39, 0.29) is 19.4 Å². The molecule has 9 heteroatoms. The molecule has 0 aliphatic rings. The third-order valence-electron chi connectivity index (χ3n) is 7.03. The number of rotatable bonds is 30. The average molecular weight is 605 g/mol. The Hall–Kier alpha value is -1.21. The zero-order valence-electron chi connectivity index (χ0n) is 26.2. The van der Waals surface area contributed by atoms with Crippen LogP contribution in [0.2, 0.25) is 0 Å². The molecule has 0 saturated carbocycles. The van der Waals surface area contributed by atoms with Crippen LogP contribution in [0.3, 0.4) is 0 Å². The first kappa shape index (κ1) is 39.8. The van der Waals surface area contributed by atoms with E-state index in [1.165, 1.54) is 83.5 Å². The zero-order chi connectivity index (χ0) is 30.4. The van der Waals surface area contributed by atoms with Crippen LogP contribution in [0, 0.1) is 0 Å². The first-order chi connectivity index (χ1) is 19.8. The summed E-state index contributed by atoms with van der Waals surface area (Å²) in [6, 6.07) is 0. The van der Waals surface area contributed by atoms with E-state index in [1.54, 1.807) is 0 Å². The summed E-state index contributed by atoms with van der Waals surface area (Å²) in [6.07, 6.45) is 28.1. The first-order valence-corrected chi connectivity index (χ1v) is 18.0. The van der Waals surface area contributed by atoms with Crippen molar-refractivity contribution in [3.05, 3.63) is 12.2 Å². The van der Waals surface area contributed by atoms with E-state index in [2.05, 4.69) is 30.5 Å². The van der Waals surface area contributed by atoms with E-state index in [1.807, 2.05) is 0 Å². The number of ether oxygens (including phenoxy) is 2. The SMILES string of the molecule is CCCCCCCCCC/C=C/CCCCCC(=O)O[C@H](COC(=O)CCCCCCCCCC)COP(=O)(O)O. The van der Waals surface area contributed by atoms with Crippen LogP contribution in [-0.2, 0) is 28.2 Å². The van der Waals surface area contributed by atoms with Crippen LogP contribution in [0.5, 0.6) is 0 Å². The summed E-state index contributed by atoms with van der Waals surface area (Å²) in [5.74, 6) is -0.905. The molecule has 0 aliphatic heterocycles. The van der Waals surface area contributed by atoms with Crippen molar-refractivity contribution in [1.29, 1.82) is 0 Å². The van der Waals surface area contributed by atoms with Gasteiger partial charge < -0.3 is 19.3 Å². The number of esters is 2. The van der Waals surface area contributed by atoms with Gasteiger partial charge in [0.05, 0.1) is 6.61 Å². The van der Waals surface area contributed by atoms with Crippen molar-refractivity contribution >= 4 is 19.8 Å². The molecule has 0 aromatic heterocycles. The Kier molecular flexibility index (Phi) is 28.0. The Morgan fingerprint density at radius 2 is 1.02 bits per heavy atom. The van der Waals surface area contributed by atoms with Crippen LogP contribution >= 0.6 is 7.82 Å². The summed E-state index contributed by atoms with van der Waals surface area (Å²) in [4.78, 5) is 42.3. The highest BCUT2D eigenvalue weighted by molar-refractivity contribution is 7.46. The number of carbonyl (C=O) groups excluding carboxylic acids is 2. The molecule has 0 heterocycles. The van der Waals surface area contributed by atoms with E-state index in [0.29, 0.717) is 6.42 Å². The molecule has 242 valence electrons. The van der Waals surface area contributed by atoms with Crippen molar-refractivity contribution < 1.29 is 37.9 Å². The number of hydrogen-bond acceptors (Lipinski definition) is 6. The van der Waals surface area contributed by atoms with Crippen LogP contribution in [0.15, 0.2) is 12.2 Å². The fourth-order valence-electron chi connectivity index (χ4n) is 4.54. The molecule has 0 spiro atoms. The highest BCUT2D eigenvalue weighted by Crippen LogP contribution is 2.35. The maximum absolute atomic E-state index is 12.3.